The number of nitrogens with zero attached hydrogens (tertiary/aromatic N) is 2. The molecule has 0 aliphatic rings. The molecule has 287 valence electrons. The molecule has 0 atom stereocenters. The number of rotatable bonds is 6. The standard InChI is InChI=1S/2C18H15P.2C5H5N.BF3.Cu.FH/c2*1-4-10-16(11-5-1)19(17-12-6-2-7-13-17)18-14-8-3-9-15-18;2*1-2-4-6-5-3-1;2-1(3)4;;/h2*1-15H;2*1-5H;;;1H/p+1. The van der Waals surface area contributed by atoms with Gasteiger partial charge in [0.2, 0.25) is 0 Å². The fraction of sp³-hybridized carbons (Fsp3) is 0. The third-order valence-corrected chi connectivity index (χ3v) is 13.0. The first-order valence-electron chi connectivity index (χ1n) is 17.3. The number of pyridine rings is 2. The van der Waals surface area contributed by atoms with Gasteiger partial charge in [-0.05, 0) is 97.1 Å². The Hall–Kier alpha value is -5.22. The Balaban J connectivity index is 0.000000272. The summed E-state index contributed by atoms with van der Waals surface area (Å²) < 4.78 is 29.0. The van der Waals surface area contributed by atoms with Gasteiger partial charge in [0.05, 0.1) is 15.8 Å². The van der Waals surface area contributed by atoms with Crippen molar-refractivity contribution in [1.29, 1.82) is 0 Å². The molecule has 8 rings (SSSR count). The van der Waals surface area contributed by atoms with Crippen LogP contribution < -0.4 is 36.5 Å². The van der Waals surface area contributed by atoms with Crippen molar-refractivity contribution in [2.24, 2.45) is 0 Å². The van der Waals surface area contributed by atoms with Gasteiger partial charge in [-0.25, -0.2) is 0 Å². The molecule has 0 aliphatic carbocycles. The molecular weight excluding hydrogens is 793 g/mol. The first-order valence-corrected chi connectivity index (χ1v) is 20.3. The summed E-state index contributed by atoms with van der Waals surface area (Å²) in [4.78, 5) is 7.57. The summed E-state index contributed by atoms with van der Waals surface area (Å²) >= 11 is 0. The minimum absolute atomic E-state index is 0. The molecular formula is C46H42BCuF4N2P2+. The van der Waals surface area contributed by atoms with Crippen molar-refractivity contribution in [2.45, 2.75) is 0 Å². The second kappa shape index (κ2) is 29.1. The second-order valence-electron chi connectivity index (χ2n) is 11.2. The molecule has 0 amide bonds. The van der Waals surface area contributed by atoms with Crippen LogP contribution in [0.25, 0.3) is 0 Å². The monoisotopic (exact) mass is 834 g/mol. The van der Waals surface area contributed by atoms with Crippen molar-refractivity contribution in [3.63, 3.8) is 0 Å². The Morgan fingerprint density at radius 3 is 0.536 bits per heavy atom. The van der Waals surface area contributed by atoms with E-state index in [4.69, 9.17) is 0 Å². The van der Waals surface area contributed by atoms with Crippen molar-refractivity contribution >= 4 is 55.2 Å². The van der Waals surface area contributed by atoms with E-state index >= 15 is 0 Å². The predicted molar refractivity (Wildman–Crippen MR) is 231 cm³/mol. The van der Waals surface area contributed by atoms with E-state index in [1.54, 1.807) is 24.8 Å². The van der Waals surface area contributed by atoms with Gasteiger partial charge in [0.15, 0.2) is 0 Å². The van der Waals surface area contributed by atoms with Crippen LogP contribution in [-0.2, 0) is 17.1 Å². The molecule has 2 aromatic heterocycles. The van der Waals surface area contributed by atoms with E-state index in [0.717, 1.165) is 0 Å². The van der Waals surface area contributed by atoms with Crippen LogP contribution in [0.15, 0.2) is 243 Å². The molecule has 6 aromatic carbocycles. The number of hydrogen-bond acceptors (Lipinski definition) is 2. The topological polar surface area (TPSA) is 25.8 Å². The van der Waals surface area contributed by atoms with Crippen molar-refractivity contribution in [2.75, 3.05) is 0 Å². The number of halogens is 4. The third-order valence-electron chi connectivity index (χ3n) is 7.51. The minimum atomic E-state index is -3.67. The van der Waals surface area contributed by atoms with Gasteiger partial charge in [0, 0.05) is 41.9 Å². The number of hydrogen-bond donors (Lipinski definition) is 0. The van der Waals surface area contributed by atoms with Crippen LogP contribution in [0.3, 0.4) is 0 Å². The summed E-state index contributed by atoms with van der Waals surface area (Å²) in [7, 11) is -5.42. The van der Waals surface area contributed by atoms with E-state index in [1.807, 2.05) is 36.4 Å². The summed E-state index contributed by atoms with van der Waals surface area (Å²) in [5.74, 6) is 0. The summed E-state index contributed by atoms with van der Waals surface area (Å²) in [6, 6.07) is 76.4. The Morgan fingerprint density at radius 1 is 0.286 bits per heavy atom. The van der Waals surface area contributed by atoms with Crippen molar-refractivity contribution in [1.82, 2.24) is 9.97 Å². The van der Waals surface area contributed by atoms with Crippen LogP contribution >= 0.6 is 15.8 Å². The molecule has 10 heteroatoms. The van der Waals surface area contributed by atoms with Crippen LogP contribution in [0.4, 0.5) is 12.9 Å². The molecule has 2 heterocycles. The fourth-order valence-electron chi connectivity index (χ4n) is 5.25. The van der Waals surface area contributed by atoms with Crippen molar-refractivity contribution in [3.05, 3.63) is 243 Å². The average Bonchev–Trinajstić information content (AvgIpc) is 3.25. The number of aromatic nitrogens is 2. The largest absolute Gasteiger partial charge is 1.00 e. The van der Waals surface area contributed by atoms with E-state index < -0.39 is 23.4 Å². The van der Waals surface area contributed by atoms with E-state index in [9.17, 15) is 12.9 Å². The van der Waals surface area contributed by atoms with Gasteiger partial charge >= 0.3 is 7.54 Å². The van der Waals surface area contributed by atoms with Gasteiger partial charge < -0.3 is 4.70 Å². The quantitative estimate of drug-likeness (QED) is 0.110. The smallest absolute Gasteiger partial charge is 0.762 e. The second-order valence-corrected chi connectivity index (χ2v) is 16.2. The van der Waals surface area contributed by atoms with Gasteiger partial charge in [-0.2, -0.15) is 0 Å². The molecule has 0 N–H and O–H groups in total. The van der Waals surface area contributed by atoms with Crippen LogP contribution in [0.1, 0.15) is 0 Å². The zero-order valence-electron chi connectivity index (χ0n) is 30.4. The van der Waals surface area contributed by atoms with E-state index in [0.29, 0.717) is 0 Å². The van der Waals surface area contributed by atoms with Crippen LogP contribution in [-0.4, -0.2) is 17.5 Å². The maximum absolute atomic E-state index is 9.67. The van der Waals surface area contributed by atoms with Gasteiger partial charge in [-0.1, -0.05) is 121 Å². The predicted octanol–water partition coefficient (Wildman–Crippen LogP) is 6.40. The van der Waals surface area contributed by atoms with Crippen LogP contribution in [0.5, 0.6) is 0 Å². The van der Waals surface area contributed by atoms with E-state index in [1.165, 1.54) is 31.8 Å². The normalized spacial score (nSPS) is 9.38. The third kappa shape index (κ3) is 17.9. The minimum Gasteiger partial charge on any atom is -1.00 e. The molecule has 0 unspecified atom stereocenters. The first kappa shape index (κ1) is 46.9. The fourth-order valence-corrected chi connectivity index (χ4v) is 10.4. The molecule has 0 aliphatic heterocycles. The zero-order chi connectivity index (χ0) is 37.9. The molecule has 0 saturated heterocycles. The zero-order valence-corrected chi connectivity index (χ0v) is 33.3. The van der Waals surface area contributed by atoms with E-state index in [2.05, 4.69) is 192 Å². The van der Waals surface area contributed by atoms with Gasteiger partial charge in [0.25, 0.3) is 0 Å². The molecule has 0 saturated carbocycles. The molecule has 8 aromatic rings. The Labute approximate surface area is 341 Å². The van der Waals surface area contributed by atoms with Crippen molar-refractivity contribution in [3.8, 4) is 0 Å². The molecule has 2 nitrogen and oxygen atoms in total. The van der Waals surface area contributed by atoms with Gasteiger partial charge in [-0.15, -0.1) is 0 Å². The Kier molecular flexibility index (Phi) is 24.4. The van der Waals surface area contributed by atoms with Crippen LogP contribution in [0, 0.1) is 0 Å². The summed E-state index contributed by atoms with van der Waals surface area (Å²) in [6.45, 7) is 0. The molecule has 0 spiro atoms. The first-order chi connectivity index (χ1) is 26.6. The van der Waals surface area contributed by atoms with Crippen molar-refractivity contribution < 1.29 is 34.7 Å². The van der Waals surface area contributed by atoms with E-state index in [-0.39, 0.29) is 21.8 Å². The van der Waals surface area contributed by atoms with Gasteiger partial charge in [-0.3, -0.25) is 22.9 Å². The molecule has 56 heavy (non-hydrogen) atoms. The summed E-state index contributed by atoms with van der Waals surface area (Å²) in [6.07, 6.45) is 7.00. The summed E-state index contributed by atoms with van der Waals surface area (Å²) in [5, 5.41) is 8.61. The van der Waals surface area contributed by atoms with Crippen LogP contribution in [0.2, 0.25) is 0 Å². The van der Waals surface area contributed by atoms with Gasteiger partial charge in [0.1, 0.15) is 31.8 Å². The number of benzene rings is 6. The maximum Gasteiger partial charge on any atom is 0.762 e. The maximum atomic E-state index is 9.67. The SMILES string of the molecule is FB(F)F.[Cu].[F-].c1ccc([PH+](c2ccccc2)c2ccccc2)cc1.c1ccc([PH+](c2ccccc2)c2ccccc2)cc1.c1ccncc1.c1ccncc1. The molecule has 1 radical (unpaired) electrons. The summed E-state index contributed by atoms with van der Waals surface area (Å²) in [5.41, 5.74) is 0. The molecule has 0 fully saturated rings. The average molecular weight is 835 g/mol. The molecule has 0 bridgehead atoms. The Morgan fingerprint density at radius 2 is 0.429 bits per heavy atom. The Bertz CT molecular complexity index is 1660.